The van der Waals surface area contributed by atoms with Gasteiger partial charge in [0.1, 0.15) is 17.6 Å². The first-order valence-corrected chi connectivity index (χ1v) is 12.2. The summed E-state index contributed by atoms with van der Waals surface area (Å²) in [6, 6.07) is 12.1. The molecule has 1 atom stereocenters. The fourth-order valence-electron chi connectivity index (χ4n) is 5.12. The fraction of sp³-hybridized carbons (Fsp3) is 0.357. The Kier molecular flexibility index (Phi) is 6.24. The van der Waals surface area contributed by atoms with Gasteiger partial charge in [0, 0.05) is 24.3 Å². The summed E-state index contributed by atoms with van der Waals surface area (Å²) in [5.74, 6) is 0.253. The number of piperidine rings is 1. The lowest BCUT2D eigenvalue weighted by Gasteiger charge is -2.35. The maximum atomic E-state index is 13.6. The Hall–Kier alpha value is -3.38. The van der Waals surface area contributed by atoms with Crippen LogP contribution in [0.15, 0.2) is 64.3 Å². The first kappa shape index (κ1) is 22.4. The maximum Gasteiger partial charge on any atom is 0.200 e. The lowest BCUT2D eigenvalue weighted by atomic mass is 9.96. The second-order valence-electron chi connectivity index (χ2n) is 9.11. The molecule has 0 bridgehead atoms. The molecule has 1 saturated heterocycles. The molecule has 4 aromatic rings. The van der Waals surface area contributed by atoms with Crippen LogP contribution in [-0.2, 0) is 13.0 Å². The minimum absolute atomic E-state index is 0.101. The number of aryl methyl sites for hydroxylation is 1. The molecule has 0 amide bonds. The summed E-state index contributed by atoms with van der Waals surface area (Å²) in [5.41, 5.74) is 3.98. The number of fused-ring (bicyclic) bond motifs is 1. The molecular formula is C28H31N3O3. The monoisotopic (exact) mass is 457 g/mol. The minimum atomic E-state index is -0.101. The average molecular weight is 458 g/mol. The highest BCUT2D eigenvalue weighted by atomic mass is 16.3. The van der Waals surface area contributed by atoms with Gasteiger partial charge in [-0.3, -0.25) is 9.69 Å². The van der Waals surface area contributed by atoms with Gasteiger partial charge >= 0.3 is 0 Å². The average Bonchev–Trinajstić information content (AvgIpc) is 3.37. The Labute approximate surface area is 199 Å². The molecule has 6 nitrogen and oxygen atoms in total. The molecule has 2 aromatic carbocycles. The molecule has 0 saturated carbocycles. The summed E-state index contributed by atoms with van der Waals surface area (Å²) in [6.45, 7) is 5.79. The van der Waals surface area contributed by atoms with Gasteiger partial charge in [-0.2, -0.15) is 5.10 Å². The van der Waals surface area contributed by atoms with Gasteiger partial charge in [-0.15, -0.1) is 0 Å². The highest BCUT2D eigenvalue weighted by Gasteiger charge is 2.25. The second kappa shape index (κ2) is 9.47. The molecule has 1 aliphatic rings. The van der Waals surface area contributed by atoms with E-state index in [4.69, 9.17) is 4.42 Å². The zero-order chi connectivity index (χ0) is 23.7. The van der Waals surface area contributed by atoms with Crippen LogP contribution in [0.3, 0.4) is 0 Å². The first-order valence-electron chi connectivity index (χ1n) is 12.2. The number of rotatable bonds is 6. The van der Waals surface area contributed by atoms with Crippen LogP contribution in [-0.4, -0.2) is 32.4 Å². The van der Waals surface area contributed by atoms with E-state index in [1.54, 1.807) is 16.9 Å². The first-order chi connectivity index (χ1) is 16.6. The summed E-state index contributed by atoms with van der Waals surface area (Å²) >= 11 is 0. The molecule has 0 aliphatic carbocycles. The Morgan fingerprint density at radius 2 is 2.00 bits per heavy atom. The van der Waals surface area contributed by atoms with E-state index >= 15 is 0 Å². The van der Waals surface area contributed by atoms with Crippen LogP contribution in [0.5, 0.6) is 5.75 Å². The third-order valence-corrected chi connectivity index (χ3v) is 7.09. The van der Waals surface area contributed by atoms with Gasteiger partial charge in [0.2, 0.25) is 5.43 Å². The van der Waals surface area contributed by atoms with Crippen molar-refractivity contribution in [3.63, 3.8) is 0 Å². The van der Waals surface area contributed by atoms with Crippen LogP contribution >= 0.6 is 0 Å². The molecule has 1 N–H and O–H groups in total. The Morgan fingerprint density at radius 1 is 1.18 bits per heavy atom. The van der Waals surface area contributed by atoms with Gasteiger partial charge in [-0.05, 0) is 56.0 Å². The van der Waals surface area contributed by atoms with E-state index in [2.05, 4.69) is 16.9 Å². The topological polar surface area (TPSA) is 71.5 Å². The molecule has 5 rings (SSSR count). The van der Waals surface area contributed by atoms with Crippen LogP contribution in [0.2, 0.25) is 0 Å². The number of aromatic hydroxyl groups is 1. The van der Waals surface area contributed by atoms with Gasteiger partial charge in [0.25, 0.3) is 0 Å². The van der Waals surface area contributed by atoms with E-state index in [1.807, 2.05) is 43.5 Å². The van der Waals surface area contributed by atoms with Crippen molar-refractivity contribution in [2.75, 3.05) is 6.54 Å². The molecule has 1 fully saturated rings. The van der Waals surface area contributed by atoms with E-state index in [0.717, 1.165) is 36.2 Å². The van der Waals surface area contributed by atoms with Crippen molar-refractivity contribution in [1.82, 2.24) is 14.7 Å². The van der Waals surface area contributed by atoms with E-state index in [-0.39, 0.29) is 11.2 Å². The number of hydrogen-bond donors (Lipinski definition) is 1. The Morgan fingerprint density at radius 3 is 2.76 bits per heavy atom. The summed E-state index contributed by atoms with van der Waals surface area (Å²) < 4.78 is 7.84. The fourth-order valence-corrected chi connectivity index (χ4v) is 5.12. The van der Waals surface area contributed by atoms with Crippen LogP contribution < -0.4 is 5.43 Å². The summed E-state index contributed by atoms with van der Waals surface area (Å²) in [4.78, 5) is 16.1. The van der Waals surface area contributed by atoms with Crippen molar-refractivity contribution in [2.45, 2.75) is 58.5 Å². The lowest BCUT2D eigenvalue weighted by molar-refractivity contribution is 0.135. The number of likely N-dealkylation sites (tertiary alicyclic amines) is 1. The third kappa shape index (κ3) is 4.03. The van der Waals surface area contributed by atoms with Crippen LogP contribution in [0.4, 0.5) is 0 Å². The van der Waals surface area contributed by atoms with Gasteiger partial charge < -0.3 is 9.52 Å². The molecule has 1 aliphatic heterocycles. The molecule has 2 aromatic heterocycles. The highest BCUT2D eigenvalue weighted by Crippen LogP contribution is 2.34. The van der Waals surface area contributed by atoms with E-state index in [0.29, 0.717) is 41.1 Å². The van der Waals surface area contributed by atoms with E-state index in [9.17, 15) is 9.90 Å². The predicted octanol–water partition coefficient (Wildman–Crippen LogP) is 5.68. The normalized spacial score (nSPS) is 16.8. The molecular weight excluding hydrogens is 426 g/mol. The standard InChI is InChI=1S/C28H31N3O3/c1-3-19-14-23-27(33)25(20-15-29-31(16-20)22-11-6-5-7-12-22)18-34-28(23)24(26(19)32)17-30-13-9-8-10-21(30)4-2/h5-7,11-12,14-16,18,21,32H,3-4,8-10,13,17H2,1-2H3. The predicted molar refractivity (Wildman–Crippen MR) is 134 cm³/mol. The highest BCUT2D eigenvalue weighted by molar-refractivity contribution is 5.86. The summed E-state index contributed by atoms with van der Waals surface area (Å²) in [7, 11) is 0. The van der Waals surface area contributed by atoms with Crippen molar-refractivity contribution in [3.8, 4) is 22.6 Å². The van der Waals surface area contributed by atoms with E-state index in [1.165, 1.54) is 19.1 Å². The van der Waals surface area contributed by atoms with Crippen LogP contribution in [0.25, 0.3) is 27.8 Å². The minimum Gasteiger partial charge on any atom is -0.507 e. The Balaban J connectivity index is 1.59. The van der Waals surface area contributed by atoms with Crippen molar-refractivity contribution >= 4 is 11.0 Å². The third-order valence-electron chi connectivity index (χ3n) is 7.09. The molecule has 176 valence electrons. The second-order valence-corrected chi connectivity index (χ2v) is 9.11. The zero-order valence-corrected chi connectivity index (χ0v) is 19.8. The number of para-hydroxylation sites is 1. The quantitative estimate of drug-likeness (QED) is 0.403. The van der Waals surface area contributed by atoms with Gasteiger partial charge in [-0.1, -0.05) is 38.5 Å². The van der Waals surface area contributed by atoms with Gasteiger partial charge in [0.05, 0.1) is 28.4 Å². The lowest BCUT2D eigenvalue weighted by Crippen LogP contribution is -2.38. The number of phenolic OH excluding ortho intramolecular Hbond substituents is 1. The van der Waals surface area contributed by atoms with Crippen LogP contribution in [0, 0.1) is 0 Å². The number of aromatic nitrogens is 2. The van der Waals surface area contributed by atoms with Crippen molar-refractivity contribution < 1.29 is 9.52 Å². The number of nitrogens with zero attached hydrogens (tertiary/aromatic N) is 3. The summed E-state index contributed by atoms with van der Waals surface area (Å²) in [6.07, 6.45) is 10.3. The summed E-state index contributed by atoms with van der Waals surface area (Å²) in [5, 5.41) is 16.0. The number of hydrogen-bond acceptors (Lipinski definition) is 5. The largest absolute Gasteiger partial charge is 0.507 e. The van der Waals surface area contributed by atoms with Crippen molar-refractivity contribution in [3.05, 3.63) is 76.4 Å². The van der Waals surface area contributed by atoms with Crippen molar-refractivity contribution in [2.24, 2.45) is 0 Å². The zero-order valence-electron chi connectivity index (χ0n) is 19.8. The maximum absolute atomic E-state index is 13.6. The van der Waals surface area contributed by atoms with E-state index < -0.39 is 0 Å². The van der Waals surface area contributed by atoms with Gasteiger partial charge in [-0.25, -0.2) is 4.68 Å². The molecule has 34 heavy (non-hydrogen) atoms. The molecule has 0 spiro atoms. The van der Waals surface area contributed by atoms with Crippen molar-refractivity contribution in [1.29, 1.82) is 0 Å². The smallest absolute Gasteiger partial charge is 0.200 e. The Bertz CT molecular complexity index is 1360. The van der Waals surface area contributed by atoms with Crippen LogP contribution in [0.1, 0.15) is 50.7 Å². The molecule has 6 heteroatoms. The molecule has 0 radical (unpaired) electrons. The SMILES string of the molecule is CCc1cc2c(=O)c(-c3cnn(-c4ccccc4)c3)coc2c(CN2CCCCC2CC)c1O. The number of benzene rings is 2. The molecule has 1 unspecified atom stereocenters. The molecule has 3 heterocycles. The van der Waals surface area contributed by atoms with Gasteiger partial charge in [0.15, 0.2) is 0 Å². The number of phenols is 1.